The second-order valence-corrected chi connectivity index (χ2v) is 4.47. The molecule has 2 aromatic carbocycles. The molecule has 0 radical (unpaired) electrons. The van der Waals surface area contributed by atoms with Crippen LogP contribution in [0.1, 0.15) is 10.4 Å². The third kappa shape index (κ3) is 3.55. The number of carbonyl (C=O) groups excluding carboxylic acids is 1. The smallest absolute Gasteiger partial charge is 0.312 e. The third-order valence-corrected chi connectivity index (χ3v) is 2.93. The zero-order valence-electron chi connectivity index (χ0n) is 10.6. The molecule has 0 aromatic heterocycles. The molecule has 7 heteroatoms. The third-order valence-electron chi connectivity index (χ3n) is 2.64. The lowest BCUT2D eigenvalue weighted by molar-refractivity contribution is -0.385. The number of ether oxygens (including phenoxy) is 1. The van der Waals surface area contributed by atoms with Gasteiger partial charge in [-0.1, -0.05) is 29.8 Å². The molecule has 0 spiro atoms. The van der Waals surface area contributed by atoms with E-state index in [0.29, 0.717) is 0 Å². The summed E-state index contributed by atoms with van der Waals surface area (Å²) in [5.74, 6) is -1.25. The van der Waals surface area contributed by atoms with Crippen LogP contribution in [0.4, 0.5) is 10.1 Å². The molecule has 0 aliphatic heterocycles. The fourth-order valence-corrected chi connectivity index (χ4v) is 1.89. The molecule has 5 nitrogen and oxygen atoms in total. The van der Waals surface area contributed by atoms with Gasteiger partial charge >= 0.3 is 5.69 Å². The van der Waals surface area contributed by atoms with Gasteiger partial charge in [0.25, 0.3) is 0 Å². The summed E-state index contributed by atoms with van der Waals surface area (Å²) in [6.45, 7) is -0.478. The van der Waals surface area contributed by atoms with Crippen LogP contribution in [0.25, 0.3) is 0 Å². The number of nitro benzene ring substituents is 1. The maximum Gasteiger partial charge on any atom is 0.312 e. The fraction of sp³-hybridized carbons (Fsp3) is 0.0714. The molecule has 0 heterocycles. The molecule has 0 aliphatic carbocycles. The van der Waals surface area contributed by atoms with Crippen molar-refractivity contribution in [3.63, 3.8) is 0 Å². The number of nitrogens with zero attached hydrogens (tertiary/aromatic N) is 1. The van der Waals surface area contributed by atoms with Gasteiger partial charge in [-0.15, -0.1) is 0 Å². The number of nitro groups is 1. The van der Waals surface area contributed by atoms with E-state index in [1.807, 2.05) is 0 Å². The SMILES string of the molecule is O=C(COc1c(Cl)cccc1[N+](=O)[O-])c1cccc(F)c1. The average Bonchev–Trinajstić information content (AvgIpc) is 2.45. The van der Waals surface area contributed by atoms with Crippen LogP contribution in [0.15, 0.2) is 42.5 Å². The standard InChI is InChI=1S/C14H9ClFNO4/c15-11-5-2-6-12(17(19)20)14(11)21-8-13(18)9-3-1-4-10(16)7-9/h1-7H,8H2. The van der Waals surface area contributed by atoms with Gasteiger partial charge < -0.3 is 4.74 Å². The minimum Gasteiger partial charge on any atom is -0.477 e. The molecule has 0 bridgehead atoms. The first kappa shape index (κ1) is 14.9. The van der Waals surface area contributed by atoms with E-state index in [1.165, 1.54) is 36.4 Å². The molecular weight excluding hydrogens is 301 g/mol. The first-order valence-corrected chi connectivity index (χ1v) is 6.21. The average molecular weight is 310 g/mol. The van der Waals surface area contributed by atoms with Gasteiger partial charge in [-0.05, 0) is 18.2 Å². The van der Waals surface area contributed by atoms with Crippen LogP contribution < -0.4 is 4.74 Å². The number of ketones is 1. The van der Waals surface area contributed by atoms with Gasteiger partial charge in [0.05, 0.1) is 9.95 Å². The summed E-state index contributed by atoms with van der Waals surface area (Å²) in [6.07, 6.45) is 0. The van der Waals surface area contributed by atoms with Crippen molar-refractivity contribution in [2.24, 2.45) is 0 Å². The molecular formula is C14H9ClFNO4. The molecule has 0 fully saturated rings. The number of rotatable bonds is 5. The highest BCUT2D eigenvalue weighted by Crippen LogP contribution is 2.34. The Balaban J connectivity index is 2.17. The molecule has 108 valence electrons. The molecule has 0 N–H and O–H groups in total. The number of carbonyl (C=O) groups is 1. The van der Waals surface area contributed by atoms with Crippen LogP contribution in [0.2, 0.25) is 5.02 Å². The number of benzene rings is 2. The highest BCUT2D eigenvalue weighted by Gasteiger charge is 2.19. The summed E-state index contributed by atoms with van der Waals surface area (Å²) >= 11 is 5.83. The topological polar surface area (TPSA) is 69.4 Å². The van der Waals surface area contributed by atoms with E-state index in [2.05, 4.69) is 0 Å². The Morgan fingerprint density at radius 2 is 2.00 bits per heavy atom. The van der Waals surface area contributed by atoms with Crippen molar-refractivity contribution >= 4 is 23.1 Å². The Kier molecular flexibility index (Phi) is 4.49. The normalized spacial score (nSPS) is 10.2. The summed E-state index contributed by atoms with van der Waals surface area (Å²) in [7, 11) is 0. The Bertz CT molecular complexity index is 705. The zero-order valence-corrected chi connectivity index (χ0v) is 11.3. The highest BCUT2D eigenvalue weighted by atomic mass is 35.5. The summed E-state index contributed by atoms with van der Waals surface area (Å²) in [6, 6.07) is 9.12. The molecule has 2 rings (SSSR count). The largest absolute Gasteiger partial charge is 0.477 e. The van der Waals surface area contributed by atoms with E-state index in [1.54, 1.807) is 0 Å². The number of hydrogen-bond donors (Lipinski definition) is 0. The number of Topliss-reactive ketones (excluding diaryl/α,β-unsaturated/α-hetero) is 1. The van der Waals surface area contributed by atoms with Crippen LogP contribution >= 0.6 is 11.6 Å². The van der Waals surface area contributed by atoms with E-state index in [4.69, 9.17) is 16.3 Å². The molecule has 21 heavy (non-hydrogen) atoms. The molecule has 0 saturated heterocycles. The summed E-state index contributed by atoms with van der Waals surface area (Å²) in [5.41, 5.74) is -0.223. The van der Waals surface area contributed by atoms with Gasteiger partial charge in [0.2, 0.25) is 5.75 Å². The molecule has 0 aliphatic rings. The Hall–Kier alpha value is -2.47. The number of halogens is 2. The van der Waals surface area contributed by atoms with Crippen LogP contribution in [-0.4, -0.2) is 17.3 Å². The highest BCUT2D eigenvalue weighted by molar-refractivity contribution is 6.32. The van der Waals surface area contributed by atoms with Crippen molar-refractivity contribution in [1.29, 1.82) is 0 Å². The van der Waals surface area contributed by atoms with E-state index >= 15 is 0 Å². The van der Waals surface area contributed by atoms with Crippen molar-refractivity contribution < 1.29 is 18.8 Å². The van der Waals surface area contributed by atoms with Gasteiger partial charge in [0.15, 0.2) is 12.4 Å². The monoisotopic (exact) mass is 309 g/mol. The quantitative estimate of drug-likeness (QED) is 0.480. The maximum absolute atomic E-state index is 13.0. The molecule has 0 amide bonds. The Morgan fingerprint density at radius 3 is 2.67 bits per heavy atom. The lowest BCUT2D eigenvalue weighted by atomic mass is 10.1. The van der Waals surface area contributed by atoms with Gasteiger partial charge in [-0.2, -0.15) is 0 Å². The van der Waals surface area contributed by atoms with Gasteiger partial charge in [-0.3, -0.25) is 14.9 Å². The summed E-state index contributed by atoms with van der Waals surface area (Å²) in [4.78, 5) is 22.1. The van der Waals surface area contributed by atoms with Crippen molar-refractivity contribution in [1.82, 2.24) is 0 Å². The Morgan fingerprint density at radius 1 is 1.29 bits per heavy atom. The first-order valence-electron chi connectivity index (χ1n) is 5.83. The van der Waals surface area contributed by atoms with Gasteiger partial charge in [0.1, 0.15) is 5.82 Å². The lowest BCUT2D eigenvalue weighted by Gasteiger charge is -2.07. The number of para-hydroxylation sites is 1. The zero-order chi connectivity index (χ0) is 15.4. The minimum absolute atomic E-state index is 0.0243. The molecule has 0 unspecified atom stereocenters. The second-order valence-electron chi connectivity index (χ2n) is 4.07. The van der Waals surface area contributed by atoms with Crippen molar-refractivity contribution in [2.45, 2.75) is 0 Å². The number of hydrogen-bond acceptors (Lipinski definition) is 4. The molecule has 0 saturated carbocycles. The van der Waals surface area contributed by atoms with E-state index < -0.39 is 23.1 Å². The van der Waals surface area contributed by atoms with Gasteiger partial charge in [-0.25, -0.2) is 4.39 Å². The maximum atomic E-state index is 13.0. The van der Waals surface area contributed by atoms with Crippen LogP contribution in [0.5, 0.6) is 5.75 Å². The van der Waals surface area contributed by atoms with Crippen molar-refractivity contribution in [3.8, 4) is 5.75 Å². The fourth-order valence-electron chi connectivity index (χ4n) is 1.67. The minimum atomic E-state index is -0.659. The summed E-state index contributed by atoms with van der Waals surface area (Å²) in [5, 5.41) is 10.9. The van der Waals surface area contributed by atoms with Gasteiger partial charge in [0, 0.05) is 11.6 Å². The van der Waals surface area contributed by atoms with E-state index in [-0.39, 0.29) is 22.0 Å². The van der Waals surface area contributed by atoms with Crippen LogP contribution in [0.3, 0.4) is 0 Å². The predicted molar refractivity (Wildman–Crippen MR) is 74.3 cm³/mol. The van der Waals surface area contributed by atoms with Crippen LogP contribution in [0, 0.1) is 15.9 Å². The first-order chi connectivity index (χ1) is 9.99. The van der Waals surface area contributed by atoms with E-state index in [0.717, 1.165) is 6.07 Å². The molecule has 2 aromatic rings. The molecule has 0 atom stereocenters. The predicted octanol–water partition coefficient (Wildman–Crippen LogP) is 3.65. The summed E-state index contributed by atoms with van der Waals surface area (Å²) < 4.78 is 18.2. The van der Waals surface area contributed by atoms with Crippen molar-refractivity contribution in [3.05, 3.63) is 69.0 Å². The Labute approximate surface area is 124 Å². The van der Waals surface area contributed by atoms with Crippen molar-refractivity contribution in [2.75, 3.05) is 6.61 Å². The van der Waals surface area contributed by atoms with E-state index in [9.17, 15) is 19.3 Å². The lowest BCUT2D eigenvalue weighted by Crippen LogP contribution is -2.12. The second kappa shape index (κ2) is 6.32. The van der Waals surface area contributed by atoms with Crippen LogP contribution in [-0.2, 0) is 0 Å².